The smallest absolute Gasteiger partial charge is 0.246 e. The number of carbonyl (C=O) groups excluding carboxylic acids is 2. The minimum absolute atomic E-state index is 0.0388. The summed E-state index contributed by atoms with van der Waals surface area (Å²) in [6.07, 6.45) is 2.00. The molecule has 1 aromatic carbocycles. The SMILES string of the molecule is CSc1ccc(N(C)C(=O)CNC(=O)[C@@H](N)C(C)C)cc1. The van der Waals surface area contributed by atoms with Gasteiger partial charge in [-0.2, -0.15) is 0 Å². The van der Waals surface area contributed by atoms with Crippen LogP contribution in [0.2, 0.25) is 0 Å². The van der Waals surface area contributed by atoms with Crippen LogP contribution in [0.15, 0.2) is 29.2 Å². The monoisotopic (exact) mass is 309 g/mol. The van der Waals surface area contributed by atoms with Gasteiger partial charge in [0.2, 0.25) is 11.8 Å². The lowest BCUT2D eigenvalue weighted by Crippen LogP contribution is -2.47. The van der Waals surface area contributed by atoms with Crippen LogP contribution in [0.3, 0.4) is 0 Å². The summed E-state index contributed by atoms with van der Waals surface area (Å²) in [4.78, 5) is 26.4. The number of rotatable bonds is 6. The van der Waals surface area contributed by atoms with Gasteiger partial charge in [0.05, 0.1) is 12.6 Å². The lowest BCUT2D eigenvalue weighted by Gasteiger charge is -2.19. The van der Waals surface area contributed by atoms with Gasteiger partial charge in [0.1, 0.15) is 0 Å². The predicted molar refractivity (Wildman–Crippen MR) is 87.5 cm³/mol. The second-order valence-corrected chi connectivity index (χ2v) is 6.02. The van der Waals surface area contributed by atoms with E-state index in [4.69, 9.17) is 5.73 Å². The number of hydrogen-bond donors (Lipinski definition) is 2. The van der Waals surface area contributed by atoms with Crippen LogP contribution < -0.4 is 16.0 Å². The van der Waals surface area contributed by atoms with Gasteiger partial charge in [-0.15, -0.1) is 11.8 Å². The van der Waals surface area contributed by atoms with E-state index in [0.717, 1.165) is 10.6 Å². The van der Waals surface area contributed by atoms with Gasteiger partial charge in [-0.05, 0) is 36.4 Å². The molecule has 0 saturated heterocycles. The second-order valence-electron chi connectivity index (χ2n) is 5.14. The normalized spacial score (nSPS) is 12.1. The van der Waals surface area contributed by atoms with Crippen LogP contribution in [-0.2, 0) is 9.59 Å². The molecule has 0 heterocycles. The number of likely N-dealkylation sites (N-methyl/N-ethyl adjacent to an activating group) is 1. The van der Waals surface area contributed by atoms with E-state index < -0.39 is 6.04 Å². The minimum Gasteiger partial charge on any atom is -0.346 e. The summed E-state index contributed by atoms with van der Waals surface area (Å²) >= 11 is 1.64. The van der Waals surface area contributed by atoms with Crippen molar-refractivity contribution in [3.63, 3.8) is 0 Å². The highest BCUT2D eigenvalue weighted by molar-refractivity contribution is 7.98. The van der Waals surface area contributed by atoms with E-state index in [9.17, 15) is 9.59 Å². The van der Waals surface area contributed by atoms with Crippen molar-refractivity contribution >= 4 is 29.3 Å². The molecular weight excluding hydrogens is 286 g/mol. The summed E-state index contributed by atoms with van der Waals surface area (Å²) in [6.45, 7) is 3.68. The molecule has 0 spiro atoms. The molecule has 1 atom stereocenters. The van der Waals surface area contributed by atoms with Gasteiger partial charge in [-0.3, -0.25) is 9.59 Å². The zero-order chi connectivity index (χ0) is 16.0. The molecule has 5 nitrogen and oxygen atoms in total. The van der Waals surface area contributed by atoms with Gasteiger partial charge < -0.3 is 16.0 Å². The van der Waals surface area contributed by atoms with Crippen molar-refractivity contribution in [2.75, 3.05) is 24.7 Å². The Labute approximate surface area is 130 Å². The zero-order valence-corrected chi connectivity index (χ0v) is 13.7. The zero-order valence-electron chi connectivity index (χ0n) is 12.9. The molecule has 0 radical (unpaired) electrons. The third kappa shape index (κ3) is 5.06. The number of benzene rings is 1. The number of amides is 2. The molecule has 21 heavy (non-hydrogen) atoms. The molecular formula is C15H23N3O2S. The summed E-state index contributed by atoms with van der Waals surface area (Å²) in [6, 6.07) is 7.08. The van der Waals surface area contributed by atoms with Crippen LogP contribution in [0.4, 0.5) is 5.69 Å². The van der Waals surface area contributed by atoms with E-state index in [2.05, 4.69) is 5.32 Å². The van der Waals surface area contributed by atoms with E-state index >= 15 is 0 Å². The van der Waals surface area contributed by atoms with Crippen LogP contribution in [0.1, 0.15) is 13.8 Å². The third-order valence-corrected chi connectivity index (χ3v) is 4.01. The molecule has 0 saturated carbocycles. The molecule has 0 bridgehead atoms. The number of hydrogen-bond acceptors (Lipinski definition) is 4. The largest absolute Gasteiger partial charge is 0.346 e. The number of nitrogens with zero attached hydrogens (tertiary/aromatic N) is 1. The number of carbonyl (C=O) groups is 2. The summed E-state index contributed by atoms with van der Waals surface area (Å²) in [7, 11) is 1.69. The molecule has 0 aliphatic heterocycles. The Hall–Kier alpha value is -1.53. The Morgan fingerprint density at radius 1 is 1.29 bits per heavy atom. The molecule has 0 fully saturated rings. The Bertz CT molecular complexity index is 488. The maximum Gasteiger partial charge on any atom is 0.246 e. The first-order valence-corrected chi connectivity index (χ1v) is 8.03. The fourth-order valence-electron chi connectivity index (χ4n) is 1.65. The summed E-state index contributed by atoms with van der Waals surface area (Å²) < 4.78 is 0. The first-order valence-electron chi connectivity index (χ1n) is 6.80. The van der Waals surface area contributed by atoms with Crippen molar-refractivity contribution < 1.29 is 9.59 Å². The van der Waals surface area contributed by atoms with E-state index in [-0.39, 0.29) is 24.3 Å². The van der Waals surface area contributed by atoms with Crippen LogP contribution in [0.5, 0.6) is 0 Å². The number of nitrogens with one attached hydrogen (secondary N) is 1. The van der Waals surface area contributed by atoms with Gasteiger partial charge in [0.15, 0.2) is 0 Å². The summed E-state index contributed by atoms with van der Waals surface area (Å²) in [5.74, 6) is -0.447. The average molecular weight is 309 g/mol. The van der Waals surface area contributed by atoms with Gasteiger partial charge in [0.25, 0.3) is 0 Å². The maximum atomic E-state index is 12.1. The van der Waals surface area contributed by atoms with Crippen LogP contribution >= 0.6 is 11.8 Å². The highest BCUT2D eigenvalue weighted by Gasteiger charge is 2.19. The first-order chi connectivity index (χ1) is 9.86. The van der Waals surface area contributed by atoms with Crippen LogP contribution in [0.25, 0.3) is 0 Å². The standard InChI is InChI=1S/C15H23N3O2S/c1-10(2)14(16)15(20)17-9-13(19)18(3)11-5-7-12(21-4)8-6-11/h5-8,10,14H,9,16H2,1-4H3,(H,17,20)/t14-/m0/s1. The topological polar surface area (TPSA) is 75.4 Å². The van der Waals surface area contributed by atoms with Crippen molar-refractivity contribution in [3.05, 3.63) is 24.3 Å². The van der Waals surface area contributed by atoms with E-state index in [1.165, 1.54) is 4.90 Å². The fourth-order valence-corrected chi connectivity index (χ4v) is 2.06. The van der Waals surface area contributed by atoms with E-state index in [1.807, 2.05) is 44.4 Å². The molecule has 3 N–H and O–H groups in total. The summed E-state index contributed by atoms with van der Waals surface area (Å²) in [5, 5.41) is 2.58. The lowest BCUT2D eigenvalue weighted by molar-refractivity contribution is -0.126. The average Bonchev–Trinajstić information content (AvgIpc) is 2.50. The van der Waals surface area contributed by atoms with Gasteiger partial charge in [-0.25, -0.2) is 0 Å². The quantitative estimate of drug-likeness (QED) is 0.780. The number of anilines is 1. The molecule has 116 valence electrons. The maximum absolute atomic E-state index is 12.1. The second kappa shape index (κ2) is 8.05. The molecule has 0 aliphatic rings. The predicted octanol–water partition coefficient (Wildman–Crippen LogP) is 1.47. The number of nitrogens with two attached hydrogens (primary N) is 1. The molecule has 0 unspecified atom stereocenters. The third-order valence-electron chi connectivity index (χ3n) is 3.27. The van der Waals surface area contributed by atoms with Gasteiger partial charge in [0, 0.05) is 17.6 Å². The van der Waals surface area contributed by atoms with Crippen molar-refractivity contribution in [1.29, 1.82) is 0 Å². The molecule has 0 aliphatic carbocycles. The van der Waals surface area contributed by atoms with Crippen molar-refractivity contribution in [2.24, 2.45) is 11.7 Å². The molecule has 2 amide bonds. The minimum atomic E-state index is -0.594. The summed E-state index contributed by atoms with van der Waals surface area (Å²) in [5.41, 5.74) is 6.52. The van der Waals surface area contributed by atoms with E-state index in [1.54, 1.807) is 18.8 Å². The Kier molecular flexibility index (Phi) is 6.71. The Morgan fingerprint density at radius 2 is 1.86 bits per heavy atom. The molecule has 1 rings (SSSR count). The fraction of sp³-hybridized carbons (Fsp3) is 0.467. The number of thioether (sulfide) groups is 1. The van der Waals surface area contributed by atoms with E-state index in [0.29, 0.717) is 0 Å². The molecule has 6 heteroatoms. The highest BCUT2D eigenvalue weighted by atomic mass is 32.2. The highest BCUT2D eigenvalue weighted by Crippen LogP contribution is 2.19. The molecule has 1 aromatic rings. The van der Waals surface area contributed by atoms with Gasteiger partial charge in [-0.1, -0.05) is 13.8 Å². The first kappa shape index (κ1) is 17.5. The Balaban J connectivity index is 2.56. The lowest BCUT2D eigenvalue weighted by atomic mass is 10.1. The van der Waals surface area contributed by atoms with Gasteiger partial charge >= 0.3 is 0 Å². The van der Waals surface area contributed by atoms with Crippen molar-refractivity contribution in [2.45, 2.75) is 24.8 Å². The van der Waals surface area contributed by atoms with Crippen LogP contribution in [-0.4, -0.2) is 37.7 Å². The van der Waals surface area contributed by atoms with Crippen molar-refractivity contribution in [1.82, 2.24) is 5.32 Å². The van der Waals surface area contributed by atoms with Crippen LogP contribution in [0, 0.1) is 5.92 Å². The molecule has 0 aromatic heterocycles. The van der Waals surface area contributed by atoms with Crippen molar-refractivity contribution in [3.8, 4) is 0 Å². The Morgan fingerprint density at radius 3 is 2.33 bits per heavy atom.